The van der Waals surface area contributed by atoms with Crippen molar-refractivity contribution >= 4 is 22.7 Å². The number of para-hydroxylation sites is 1. The third-order valence-electron chi connectivity index (χ3n) is 3.78. The Morgan fingerprint density at radius 3 is 2.50 bits per heavy atom. The highest BCUT2D eigenvalue weighted by molar-refractivity contribution is 5.99. The van der Waals surface area contributed by atoms with Crippen molar-refractivity contribution in [2.45, 2.75) is 12.5 Å². The number of aromatic nitrogens is 1. The number of nitrogens with one attached hydrogen (secondary N) is 1. The van der Waals surface area contributed by atoms with Gasteiger partial charge < -0.3 is 11.1 Å². The van der Waals surface area contributed by atoms with E-state index in [0.29, 0.717) is 12.0 Å². The number of fused-ring (bicyclic) bond motifs is 1. The molecular formula is C19H17N3O2. The lowest BCUT2D eigenvalue weighted by Gasteiger charge is -2.15. The van der Waals surface area contributed by atoms with E-state index in [0.717, 1.165) is 16.5 Å². The average molecular weight is 319 g/mol. The zero-order chi connectivity index (χ0) is 16.9. The van der Waals surface area contributed by atoms with Gasteiger partial charge in [0, 0.05) is 18.0 Å². The van der Waals surface area contributed by atoms with E-state index in [1.165, 1.54) is 6.20 Å². The van der Waals surface area contributed by atoms with Crippen molar-refractivity contribution in [1.29, 1.82) is 0 Å². The van der Waals surface area contributed by atoms with E-state index in [1.54, 1.807) is 6.07 Å². The Bertz CT molecular complexity index is 878. The monoisotopic (exact) mass is 319 g/mol. The molecule has 3 N–H and O–H groups in total. The van der Waals surface area contributed by atoms with Crippen LogP contribution in [-0.2, 0) is 11.2 Å². The van der Waals surface area contributed by atoms with Crippen LogP contribution in [0.4, 0.5) is 0 Å². The summed E-state index contributed by atoms with van der Waals surface area (Å²) in [5.74, 6) is -0.936. The number of nitrogens with two attached hydrogens (primary N) is 1. The smallest absolute Gasteiger partial charge is 0.253 e. The third-order valence-corrected chi connectivity index (χ3v) is 3.78. The van der Waals surface area contributed by atoms with Crippen molar-refractivity contribution < 1.29 is 9.59 Å². The fourth-order valence-corrected chi connectivity index (χ4v) is 2.51. The number of hydrogen-bond donors (Lipinski definition) is 2. The van der Waals surface area contributed by atoms with E-state index >= 15 is 0 Å². The number of nitrogens with zero attached hydrogens (tertiary/aromatic N) is 1. The van der Waals surface area contributed by atoms with Gasteiger partial charge in [0.1, 0.15) is 6.04 Å². The van der Waals surface area contributed by atoms with E-state index in [4.69, 9.17) is 5.73 Å². The van der Waals surface area contributed by atoms with Crippen LogP contribution >= 0.6 is 0 Å². The van der Waals surface area contributed by atoms with Gasteiger partial charge in [-0.25, -0.2) is 0 Å². The summed E-state index contributed by atoms with van der Waals surface area (Å²) in [6.45, 7) is 0. The van der Waals surface area contributed by atoms with Crippen LogP contribution in [-0.4, -0.2) is 22.8 Å². The highest BCUT2D eigenvalue weighted by atomic mass is 16.2. The Hall–Kier alpha value is -3.21. The number of rotatable bonds is 5. The summed E-state index contributed by atoms with van der Waals surface area (Å²) in [7, 11) is 0. The molecular weight excluding hydrogens is 302 g/mol. The van der Waals surface area contributed by atoms with Crippen LogP contribution in [0.5, 0.6) is 0 Å². The minimum absolute atomic E-state index is 0.350. The molecule has 5 heteroatoms. The second kappa shape index (κ2) is 6.91. The molecule has 0 fully saturated rings. The minimum atomic E-state index is -0.772. The van der Waals surface area contributed by atoms with Gasteiger partial charge in [0.2, 0.25) is 5.91 Å². The summed E-state index contributed by atoms with van der Waals surface area (Å²) in [6, 6.07) is 17.9. The highest BCUT2D eigenvalue weighted by Crippen LogP contribution is 2.13. The minimum Gasteiger partial charge on any atom is -0.368 e. The van der Waals surface area contributed by atoms with Gasteiger partial charge in [-0.05, 0) is 17.7 Å². The summed E-state index contributed by atoms with van der Waals surface area (Å²) < 4.78 is 0. The molecule has 120 valence electrons. The number of hydrogen-bond acceptors (Lipinski definition) is 3. The lowest BCUT2D eigenvalue weighted by atomic mass is 10.0. The van der Waals surface area contributed by atoms with Crippen molar-refractivity contribution in [3.63, 3.8) is 0 Å². The van der Waals surface area contributed by atoms with E-state index in [9.17, 15) is 9.59 Å². The van der Waals surface area contributed by atoms with Crippen molar-refractivity contribution in [1.82, 2.24) is 10.3 Å². The number of primary amides is 1. The van der Waals surface area contributed by atoms with Crippen LogP contribution < -0.4 is 11.1 Å². The van der Waals surface area contributed by atoms with E-state index in [-0.39, 0.29) is 5.91 Å². The van der Waals surface area contributed by atoms with Gasteiger partial charge in [-0.3, -0.25) is 14.6 Å². The second-order valence-corrected chi connectivity index (χ2v) is 5.53. The first kappa shape index (κ1) is 15.7. The molecule has 1 heterocycles. The Morgan fingerprint density at radius 1 is 1.04 bits per heavy atom. The van der Waals surface area contributed by atoms with E-state index in [1.807, 2.05) is 54.6 Å². The average Bonchev–Trinajstić information content (AvgIpc) is 2.61. The van der Waals surface area contributed by atoms with Gasteiger partial charge in [0.25, 0.3) is 5.91 Å². The van der Waals surface area contributed by atoms with Gasteiger partial charge in [0.05, 0.1) is 11.1 Å². The number of pyridine rings is 1. The number of carbonyl (C=O) groups excluding carboxylic acids is 2. The normalized spacial score (nSPS) is 11.8. The predicted molar refractivity (Wildman–Crippen MR) is 92.3 cm³/mol. The summed E-state index contributed by atoms with van der Waals surface area (Å²) in [6.07, 6.45) is 1.85. The third kappa shape index (κ3) is 3.57. The molecule has 0 unspecified atom stereocenters. The summed E-state index contributed by atoms with van der Waals surface area (Å²) >= 11 is 0. The highest BCUT2D eigenvalue weighted by Gasteiger charge is 2.19. The van der Waals surface area contributed by atoms with Crippen LogP contribution in [0.1, 0.15) is 15.9 Å². The standard InChI is InChI=1S/C19H17N3O2/c20-18(23)17(10-13-6-2-1-3-7-13)22-19(24)15-11-14-8-4-5-9-16(14)21-12-15/h1-9,11-12,17H,10H2,(H2,20,23)(H,22,24)/t17-/m1/s1. The lowest BCUT2D eigenvalue weighted by molar-refractivity contribution is -0.119. The maximum absolute atomic E-state index is 12.4. The Kier molecular flexibility index (Phi) is 4.52. The Morgan fingerprint density at radius 2 is 1.75 bits per heavy atom. The first-order chi connectivity index (χ1) is 11.6. The van der Waals surface area contributed by atoms with E-state index in [2.05, 4.69) is 10.3 Å². The molecule has 0 saturated carbocycles. The largest absolute Gasteiger partial charge is 0.368 e. The maximum Gasteiger partial charge on any atom is 0.253 e. The molecule has 3 rings (SSSR count). The van der Waals surface area contributed by atoms with Gasteiger partial charge >= 0.3 is 0 Å². The lowest BCUT2D eigenvalue weighted by Crippen LogP contribution is -2.45. The summed E-state index contributed by atoms with van der Waals surface area (Å²) in [4.78, 5) is 28.4. The molecule has 0 aliphatic heterocycles. The number of carbonyl (C=O) groups is 2. The van der Waals surface area contributed by atoms with E-state index < -0.39 is 11.9 Å². The molecule has 1 atom stereocenters. The topological polar surface area (TPSA) is 85.1 Å². The van der Waals surface area contributed by atoms with Gasteiger partial charge in [-0.2, -0.15) is 0 Å². The number of benzene rings is 2. The predicted octanol–water partition coefficient (Wildman–Crippen LogP) is 2.06. The van der Waals surface area contributed by atoms with Crippen molar-refractivity contribution in [2.75, 3.05) is 0 Å². The SMILES string of the molecule is NC(=O)[C@@H](Cc1ccccc1)NC(=O)c1cnc2ccccc2c1. The zero-order valence-electron chi connectivity index (χ0n) is 13.0. The fraction of sp³-hybridized carbons (Fsp3) is 0.105. The molecule has 0 radical (unpaired) electrons. The van der Waals surface area contributed by atoms with Crippen molar-refractivity contribution in [3.05, 3.63) is 78.0 Å². The molecule has 3 aromatic rings. The quantitative estimate of drug-likeness (QED) is 0.755. The molecule has 0 bridgehead atoms. The summed E-state index contributed by atoms with van der Waals surface area (Å²) in [5, 5.41) is 3.56. The van der Waals surface area contributed by atoms with Crippen LogP contribution in [0.25, 0.3) is 10.9 Å². The molecule has 2 aromatic carbocycles. The molecule has 0 aliphatic rings. The van der Waals surface area contributed by atoms with Crippen LogP contribution in [0, 0.1) is 0 Å². The number of amides is 2. The van der Waals surface area contributed by atoms with Crippen LogP contribution in [0.3, 0.4) is 0 Å². The second-order valence-electron chi connectivity index (χ2n) is 5.53. The van der Waals surface area contributed by atoms with Crippen molar-refractivity contribution in [3.8, 4) is 0 Å². The molecule has 1 aromatic heterocycles. The molecule has 0 saturated heterocycles. The molecule has 24 heavy (non-hydrogen) atoms. The molecule has 0 aliphatic carbocycles. The first-order valence-corrected chi connectivity index (χ1v) is 7.62. The van der Waals surface area contributed by atoms with Crippen LogP contribution in [0.2, 0.25) is 0 Å². The van der Waals surface area contributed by atoms with Gasteiger partial charge in [-0.15, -0.1) is 0 Å². The first-order valence-electron chi connectivity index (χ1n) is 7.62. The Balaban J connectivity index is 1.78. The molecule has 0 spiro atoms. The summed E-state index contributed by atoms with van der Waals surface area (Å²) in [5.41, 5.74) is 7.57. The molecule has 2 amide bonds. The van der Waals surface area contributed by atoms with Gasteiger partial charge in [-0.1, -0.05) is 48.5 Å². The van der Waals surface area contributed by atoms with Crippen LogP contribution in [0.15, 0.2) is 66.9 Å². The Labute approximate surface area is 139 Å². The van der Waals surface area contributed by atoms with Crippen molar-refractivity contribution in [2.24, 2.45) is 5.73 Å². The molecule has 5 nitrogen and oxygen atoms in total. The van der Waals surface area contributed by atoms with Gasteiger partial charge in [0.15, 0.2) is 0 Å². The fourth-order valence-electron chi connectivity index (χ4n) is 2.51. The maximum atomic E-state index is 12.4. The zero-order valence-corrected chi connectivity index (χ0v) is 13.0.